The molecule has 194 valence electrons. The predicted octanol–water partition coefficient (Wildman–Crippen LogP) is 8.02. The third-order valence-electron chi connectivity index (χ3n) is 6.10. The molecule has 0 unspecified atom stereocenters. The second-order valence-corrected chi connectivity index (χ2v) is 9.70. The fourth-order valence-electron chi connectivity index (χ4n) is 4.39. The zero-order chi connectivity index (χ0) is 25.9. The van der Waals surface area contributed by atoms with Crippen molar-refractivity contribution in [2.75, 3.05) is 11.9 Å². The van der Waals surface area contributed by atoms with Gasteiger partial charge in [-0.3, -0.25) is 4.79 Å². The van der Waals surface area contributed by atoms with Crippen molar-refractivity contribution in [2.24, 2.45) is 5.92 Å². The number of carbonyl (C=O) groups excluding carboxylic acids is 1. The van der Waals surface area contributed by atoms with Gasteiger partial charge in [-0.05, 0) is 30.5 Å². The molecule has 1 aliphatic carbocycles. The number of fused-ring (bicyclic) bond motifs is 1. The van der Waals surface area contributed by atoms with Crippen LogP contribution in [0.5, 0.6) is 5.88 Å². The van der Waals surface area contributed by atoms with E-state index in [2.05, 4.69) is 20.3 Å². The van der Waals surface area contributed by atoms with Gasteiger partial charge in [0.2, 0.25) is 11.8 Å². The summed E-state index contributed by atoms with van der Waals surface area (Å²) in [6.07, 6.45) is 3.02. The molecule has 4 rings (SSSR count). The number of hydrogen-bond acceptors (Lipinski definition) is 5. The molecule has 2 aromatic heterocycles. The van der Waals surface area contributed by atoms with Gasteiger partial charge in [0.15, 0.2) is 18.0 Å². The molecule has 1 saturated carbocycles. The van der Waals surface area contributed by atoms with Crippen molar-refractivity contribution in [3.63, 3.8) is 0 Å². The van der Waals surface area contributed by atoms with Gasteiger partial charge < -0.3 is 15.0 Å². The smallest absolute Gasteiger partial charge is 0.422 e. The van der Waals surface area contributed by atoms with E-state index in [1.807, 2.05) is 0 Å². The van der Waals surface area contributed by atoms with E-state index in [9.17, 15) is 22.4 Å². The number of nitrogens with one attached hydrogen (secondary N) is 2. The molecule has 6 nitrogen and oxygen atoms in total. The van der Waals surface area contributed by atoms with Gasteiger partial charge in [-0.2, -0.15) is 23.1 Å². The summed E-state index contributed by atoms with van der Waals surface area (Å²) in [5.74, 6) is -0.736. The fourth-order valence-corrected chi connectivity index (χ4v) is 4.94. The first-order valence-electron chi connectivity index (χ1n) is 11.6. The Morgan fingerprint density at radius 1 is 1.11 bits per heavy atom. The number of carbonyl (C=O) groups is 1. The van der Waals surface area contributed by atoms with Crippen molar-refractivity contribution >= 4 is 51.8 Å². The van der Waals surface area contributed by atoms with Crippen molar-refractivity contribution in [1.29, 1.82) is 0 Å². The zero-order valence-corrected chi connectivity index (χ0v) is 20.7. The standard InChI is InChI=1S/C24H24Cl2F4N4O2/c25-16-9-14(27)10-17(26)20(16)32-23-31-18-11-15(19(35)8-4-7-13-5-2-1-3-6-13)22(33-21(18)34-23)36-12-24(28,29)30/h9-11,13H,1-8,12H2,(H2,31,32,33,34). The number of alkyl halides is 3. The Kier molecular flexibility index (Phi) is 8.24. The van der Waals surface area contributed by atoms with E-state index in [-0.39, 0.29) is 45.1 Å². The van der Waals surface area contributed by atoms with Crippen LogP contribution in [-0.4, -0.2) is 33.5 Å². The maximum absolute atomic E-state index is 13.5. The number of imidazole rings is 1. The molecular formula is C24H24Cl2F4N4O2. The SMILES string of the molecule is O=C(CCCC1CCCCC1)c1cc2[nH]c(Nc3c(Cl)cc(F)cc3Cl)nc2nc1OCC(F)(F)F. The number of H-pyrrole nitrogens is 1. The Morgan fingerprint density at radius 2 is 1.81 bits per heavy atom. The number of Topliss-reactive ketones (excluding diaryl/α,β-unsaturated/α-hetero) is 1. The highest BCUT2D eigenvalue weighted by molar-refractivity contribution is 6.39. The molecule has 2 N–H and O–H groups in total. The third-order valence-corrected chi connectivity index (χ3v) is 6.70. The Labute approximate surface area is 214 Å². The number of ketones is 1. The van der Waals surface area contributed by atoms with Crippen LogP contribution >= 0.6 is 23.2 Å². The quantitative estimate of drug-likeness (QED) is 0.210. The molecule has 12 heteroatoms. The monoisotopic (exact) mass is 546 g/mol. The molecule has 0 amide bonds. The molecule has 0 radical (unpaired) electrons. The molecule has 1 aliphatic rings. The fraction of sp³-hybridized carbons (Fsp3) is 0.458. The minimum atomic E-state index is -4.60. The van der Waals surface area contributed by atoms with Crippen molar-refractivity contribution in [2.45, 2.75) is 57.5 Å². The summed E-state index contributed by atoms with van der Waals surface area (Å²) in [6.45, 7) is -1.59. The normalized spacial score (nSPS) is 14.8. The number of anilines is 2. The zero-order valence-electron chi connectivity index (χ0n) is 19.2. The first-order chi connectivity index (χ1) is 17.1. The minimum Gasteiger partial charge on any atom is -0.467 e. The highest BCUT2D eigenvalue weighted by Crippen LogP contribution is 2.34. The molecular weight excluding hydrogens is 523 g/mol. The molecule has 3 aromatic rings. The van der Waals surface area contributed by atoms with Crippen LogP contribution in [0.25, 0.3) is 11.2 Å². The predicted molar refractivity (Wildman–Crippen MR) is 130 cm³/mol. The lowest BCUT2D eigenvalue weighted by Gasteiger charge is -2.21. The summed E-state index contributed by atoms with van der Waals surface area (Å²) in [7, 11) is 0. The highest BCUT2D eigenvalue weighted by Gasteiger charge is 2.30. The molecule has 0 atom stereocenters. The van der Waals surface area contributed by atoms with E-state index in [0.29, 0.717) is 17.9 Å². The van der Waals surface area contributed by atoms with Crippen LogP contribution in [0.1, 0.15) is 61.7 Å². The molecule has 1 fully saturated rings. The summed E-state index contributed by atoms with van der Waals surface area (Å²) < 4.78 is 56.8. The van der Waals surface area contributed by atoms with Crippen molar-refractivity contribution in [3.8, 4) is 5.88 Å². The number of benzene rings is 1. The number of rotatable bonds is 9. The summed E-state index contributed by atoms with van der Waals surface area (Å²) in [4.78, 5) is 24.1. The topological polar surface area (TPSA) is 79.9 Å². The Morgan fingerprint density at radius 3 is 2.47 bits per heavy atom. The van der Waals surface area contributed by atoms with Gasteiger partial charge in [0.1, 0.15) is 5.82 Å². The van der Waals surface area contributed by atoms with E-state index in [4.69, 9.17) is 27.9 Å². The second-order valence-electron chi connectivity index (χ2n) is 8.89. The minimum absolute atomic E-state index is 0.00329. The van der Waals surface area contributed by atoms with Crippen LogP contribution in [0.3, 0.4) is 0 Å². The largest absolute Gasteiger partial charge is 0.467 e. The number of pyridine rings is 1. The number of ether oxygens (including phenoxy) is 1. The Balaban J connectivity index is 1.57. The molecule has 0 bridgehead atoms. The maximum Gasteiger partial charge on any atom is 0.422 e. The molecule has 2 heterocycles. The Hall–Kier alpha value is -2.59. The van der Waals surface area contributed by atoms with E-state index >= 15 is 0 Å². The van der Waals surface area contributed by atoms with Gasteiger partial charge in [0.25, 0.3) is 0 Å². The summed E-state index contributed by atoms with van der Waals surface area (Å²) >= 11 is 12.1. The van der Waals surface area contributed by atoms with Crippen LogP contribution < -0.4 is 10.1 Å². The van der Waals surface area contributed by atoms with Crippen LogP contribution in [-0.2, 0) is 0 Å². The summed E-state index contributed by atoms with van der Waals surface area (Å²) in [5, 5.41) is 2.80. The van der Waals surface area contributed by atoms with Crippen LogP contribution in [0.4, 0.5) is 29.2 Å². The number of nitrogens with zero attached hydrogens (tertiary/aromatic N) is 2. The van der Waals surface area contributed by atoms with E-state index < -0.39 is 24.5 Å². The van der Waals surface area contributed by atoms with Gasteiger partial charge in [0.05, 0.1) is 26.8 Å². The lowest BCUT2D eigenvalue weighted by atomic mass is 9.85. The van der Waals surface area contributed by atoms with Gasteiger partial charge in [0, 0.05) is 6.42 Å². The number of aromatic amines is 1. The van der Waals surface area contributed by atoms with E-state index in [0.717, 1.165) is 31.4 Å². The molecule has 0 spiro atoms. The van der Waals surface area contributed by atoms with Crippen LogP contribution in [0.2, 0.25) is 10.0 Å². The first kappa shape index (κ1) is 26.5. The first-order valence-corrected chi connectivity index (χ1v) is 12.4. The third kappa shape index (κ3) is 6.79. The van der Waals surface area contributed by atoms with Gasteiger partial charge >= 0.3 is 6.18 Å². The van der Waals surface area contributed by atoms with E-state index in [1.165, 1.54) is 25.3 Å². The van der Waals surface area contributed by atoms with Crippen LogP contribution in [0.15, 0.2) is 18.2 Å². The van der Waals surface area contributed by atoms with Gasteiger partial charge in [-0.1, -0.05) is 61.7 Å². The molecule has 1 aromatic carbocycles. The second kappa shape index (κ2) is 11.2. The van der Waals surface area contributed by atoms with Crippen molar-refractivity contribution in [1.82, 2.24) is 15.0 Å². The molecule has 0 aliphatic heterocycles. The maximum atomic E-state index is 13.5. The molecule has 36 heavy (non-hydrogen) atoms. The number of halogens is 6. The highest BCUT2D eigenvalue weighted by atomic mass is 35.5. The van der Waals surface area contributed by atoms with Crippen LogP contribution in [0, 0.1) is 11.7 Å². The Bertz CT molecular complexity index is 1220. The lowest BCUT2D eigenvalue weighted by molar-refractivity contribution is -0.154. The average Bonchev–Trinajstić information content (AvgIpc) is 3.21. The summed E-state index contributed by atoms with van der Waals surface area (Å²) in [6, 6.07) is 3.50. The van der Waals surface area contributed by atoms with Gasteiger partial charge in [-0.25, -0.2) is 4.39 Å². The molecule has 0 saturated heterocycles. The van der Waals surface area contributed by atoms with Crippen molar-refractivity contribution in [3.05, 3.63) is 39.6 Å². The lowest BCUT2D eigenvalue weighted by Crippen LogP contribution is -2.21. The van der Waals surface area contributed by atoms with E-state index in [1.54, 1.807) is 0 Å². The van der Waals surface area contributed by atoms with Crippen molar-refractivity contribution < 1.29 is 27.1 Å². The number of hydrogen-bond donors (Lipinski definition) is 2. The average molecular weight is 547 g/mol. The number of aromatic nitrogens is 3. The van der Waals surface area contributed by atoms with Gasteiger partial charge in [-0.15, -0.1) is 0 Å². The summed E-state index contributed by atoms with van der Waals surface area (Å²) in [5.41, 5.74) is 0.430.